The lowest BCUT2D eigenvalue weighted by Gasteiger charge is -2.03. The predicted octanol–water partition coefficient (Wildman–Crippen LogP) is 1.51. The molecule has 0 saturated carbocycles. The molecule has 0 spiro atoms. The Balaban J connectivity index is 2.08. The van der Waals surface area contributed by atoms with Gasteiger partial charge in [-0.25, -0.2) is 0 Å². The average Bonchev–Trinajstić information content (AvgIpc) is 2.73. The smallest absolute Gasteiger partial charge is 0.244 e. The molecular weight excluding hydrogens is 220 g/mol. The Hall–Kier alpha value is -2.44. The van der Waals surface area contributed by atoms with Gasteiger partial charge in [-0.05, 0) is 6.92 Å². The van der Waals surface area contributed by atoms with Gasteiger partial charge in [0.1, 0.15) is 5.76 Å². The predicted molar refractivity (Wildman–Crippen MR) is 63.0 cm³/mol. The Kier molecular flexibility index (Phi) is 3.29. The van der Waals surface area contributed by atoms with Crippen molar-refractivity contribution < 1.29 is 4.52 Å². The summed E-state index contributed by atoms with van der Waals surface area (Å²) in [5, 5.41) is 17.3. The zero-order valence-corrected chi connectivity index (χ0v) is 9.34. The van der Waals surface area contributed by atoms with Gasteiger partial charge < -0.3 is 15.2 Å². The van der Waals surface area contributed by atoms with Crippen LogP contribution in [0.3, 0.4) is 0 Å². The molecule has 17 heavy (non-hydrogen) atoms. The van der Waals surface area contributed by atoms with Gasteiger partial charge in [0.05, 0.1) is 6.20 Å². The second-order valence-electron chi connectivity index (χ2n) is 3.28. The lowest BCUT2D eigenvalue weighted by atomic mass is 10.5. The third-order valence-corrected chi connectivity index (χ3v) is 1.85. The molecule has 0 bridgehead atoms. The highest BCUT2D eigenvalue weighted by Gasteiger charge is 2.03. The highest BCUT2D eigenvalue weighted by atomic mass is 16.5. The van der Waals surface area contributed by atoms with Crippen molar-refractivity contribution in [3.63, 3.8) is 0 Å². The van der Waals surface area contributed by atoms with Gasteiger partial charge in [-0.3, -0.25) is 0 Å². The van der Waals surface area contributed by atoms with Crippen molar-refractivity contribution in [3.05, 3.63) is 30.7 Å². The largest absolute Gasteiger partial charge is 0.360 e. The molecule has 0 aliphatic rings. The number of aryl methyl sites for hydroxylation is 1. The Bertz CT molecular complexity index is 509. The monoisotopic (exact) mass is 232 g/mol. The van der Waals surface area contributed by atoms with Crippen molar-refractivity contribution in [1.29, 1.82) is 0 Å². The SMILES string of the molecule is C=CCNc1nncc(Nc2cc(C)on2)n1. The summed E-state index contributed by atoms with van der Waals surface area (Å²) in [5.41, 5.74) is 0. The Morgan fingerprint density at radius 3 is 3.06 bits per heavy atom. The maximum absolute atomic E-state index is 4.93. The molecule has 2 aromatic rings. The molecule has 2 heterocycles. The molecule has 0 saturated heterocycles. The van der Waals surface area contributed by atoms with E-state index in [1.165, 1.54) is 6.20 Å². The number of hydrogen-bond donors (Lipinski definition) is 2. The van der Waals surface area contributed by atoms with Gasteiger partial charge >= 0.3 is 0 Å². The van der Waals surface area contributed by atoms with E-state index >= 15 is 0 Å². The summed E-state index contributed by atoms with van der Waals surface area (Å²) < 4.78 is 4.93. The fraction of sp³-hybridized carbons (Fsp3) is 0.200. The van der Waals surface area contributed by atoms with E-state index in [0.717, 1.165) is 5.76 Å². The van der Waals surface area contributed by atoms with Crippen LogP contribution >= 0.6 is 0 Å². The zero-order chi connectivity index (χ0) is 12.1. The number of nitrogens with zero attached hydrogens (tertiary/aromatic N) is 4. The van der Waals surface area contributed by atoms with Crippen molar-refractivity contribution in [2.75, 3.05) is 17.2 Å². The van der Waals surface area contributed by atoms with E-state index in [1.54, 1.807) is 12.1 Å². The number of anilines is 3. The molecule has 0 aliphatic carbocycles. The molecule has 0 amide bonds. The van der Waals surface area contributed by atoms with E-state index in [1.807, 2.05) is 6.92 Å². The maximum Gasteiger partial charge on any atom is 0.244 e. The molecular formula is C10H12N6O. The van der Waals surface area contributed by atoms with Crippen molar-refractivity contribution in [2.24, 2.45) is 0 Å². The standard InChI is InChI=1S/C10H12N6O/c1-3-4-11-10-14-9(6-12-15-10)13-8-5-7(2)17-16-8/h3,5-6H,1,4H2,2H3,(H2,11,13,14,15,16). The first kappa shape index (κ1) is 11.1. The first-order valence-corrected chi connectivity index (χ1v) is 5.03. The van der Waals surface area contributed by atoms with Gasteiger partial charge in [0, 0.05) is 12.6 Å². The molecule has 0 aliphatic heterocycles. The quantitative estimate of drug-likeness (QED) is 0.755. The minimum Gasteiger partial charge on any atom is -0.360 e. The first-order chi connectivity index (χ1) is 8.28. The topological polar surface area (TPSA) is 88.8 Å². The van der Waals surface area contributed by atoms with Gasteiger partial charge in [-0.15, -0.1) is 11.7 Å². The van der Waals surface area contributed by atoms with Crippen molar-refractivity contribution >= 4 is 17.6 Å². The van der Waals surface area contributed by atoms with Crippen LogP contribution in [-0.4, -0.2) is 26.9 Å². The molecule has 88 valence electrons. The van der Waals surface area contributed by atoms with Crippen LogP contribution in [-0.2, 0) is 0 Å². The van der Waals surface area contributed by atoms with Crippen LogP contribution in [0.4, 0.5) is 17.6 Å². The van der Waals surface area contributed by atoms with Crippen molar-refractivity contribution in [3.8, 4) is 0 Å². The molecule has 7 nitrogen and oxygen atoms in total. The Labute approximate surface area is 98.0 Å². The van der Waals surface area contributed by atoms with E-state index in [-0.39, 0.29) is 0 Å². The van der Waals surface area contributed by atoms with Crippen LogP contribution < -0.4 is 10.6 Å². The van der Waals surface area contributed by atoms with Crippen LogP contribution in [0.1, 0.15) is 5.76 Å². The number of nitrogens with one attached hydrogen (secondary N) is 2. The molecule has 2 rings (SSSR count). The second-order valence-corrected chi connectivity index (χ2v) is 3.28. The summed E-state index contributed by atoms with van der Waals surface area (Å²) in [4.78, 5) is 4.19. The van der Waals surface area contributed by atoms with Crippen molar-refractivity contribution in [1.82, 2.24) is 20.3 Å². The summed E-state index contributed by atoms with van der Waals surface area (Å²) in [5.74, 6) is 2.27. The van der Waals surface area contributed by atoms with Crippen LogP contribution in [0, 0.1) is 6.92 Å². The third kappa shape index (κ3) is 3.00. The lowest BCUT2D eigenvalue weighted by molar-refractivity contribution is 0.400. The zero-order valence-electron chi connectivity index (χ0n) is 9.34. The highest BCUT2D eigenvalue weighted by molar-refractivity contribution is 5.51. The molecule has 0 fully saturated rings. The summed E-state index contributed by atoms with van der Waals surface area (Å²) in [6, 6.07) is 1.76. The summed E-state index contributed by atoms with van der Waals surface area (Å²) in [7, 11) is 0. The van der Waals surface area contributed by atoms with Gasteiger partial charge in [0.15, 0.2) is 11.6 Å². The van der Waals surface area contributed by atoms with Crippen LogP contribution in [0.15, 0.2) is 29.4 Å². The molecule has 0 atom stereocenters. The molecule has 0 radical (unpaired) electrons. The summed E-state index contributed by atoms with van der Waals surface area (Å²) in [6.45, 7) is 5.98. The summed E-state index contributed by atoms with van der Waals surface area (Å²) in [6.07, 6.45) is 3.22. The van der Waals surface area contributed by atoms with E-state index in [9.17, 15) is 0 Å². The third-order valence-electron chi connectivity index (χ3n) is 1.85. The van der Waals surface area contributed by atoms with E-state index < -0.39 is 0 Å². The molecule has 0 aromatic carbocycles. The maximum atomic E-state index is 4.93. The number of aromatic nitrogens is 4. The van der Waals surface area contributed by atoms with Gasteiger partial charge in [-0.2, -0.15) is 10.1 Å². The molecule has 0 unspecified atom stereocenters. The van der Waals surface area contributed by atoms with E-state index in [4.69, 9.17) is 4.52 Å². The minimum absolute atomic E-state index is 0.426. The van der Waals surface area contributed by atoms with Crippen LogP contribution in [0.2, 0.25) is 0 Å². The van der Waals surface area contributed by atoms with Crippen LogP contribution in [0.5, 0.6) is 0 Å². The van der Waals surface area contributed by atoms with Gasteiger partial charge in [-0.1, -0.05) is 11.2 Å². The van der Waals surface area contributed by atoms with E-state index in [0.29, 0.717) is 24.1 Å². The second kappa shape index (κ2) is 5.06. The molecule has 2 aromatic heterocycles. The summed E-state index contributed by atoms with van der Waals surface area (Å²) >= 11 is 0. The Morgan fingerprint density at radius 1 is 1.47 bits per heavy atom. The van der Waals surface area contributed by atoms with Gasteiger partial charge in [0.2, 0.25) is 5.95 Å². The average molecular weight is 232 g/mol. The fourth-order valence-electron chi connectivity index (χ4n) is 1.16. The minimum atomic E-state index is 0.426. The number of rotatable bonds is 5. The van der Waals surface area contributed by atoms with Crippen molar-refractivity contribution in [2.45, 2.75) is 6.92 Å². The van der Waals surface area contributed by atoms with Gasteiger partial charge in [0.25, 0.3) is 0 Å². The molecule has 2 N–H and O–H groups in total. The van der Waals surface area contributed by atoms with E-state index in [2.05, 4.69) is 37.6 Å². The fourth-order valence-corrected chi connectivity index (χ4v) is 1.16. The lowest BCUT2D eigenvalue weighted by Crippen LogP contribution is -2.05. The molecule has 7 heteroatoms. The van der Waals surface area contributed by atoms with Crippen LogP contribution in [0.25, 0.3) is 0 Å². The highest BCUT2D eigenvalue weighted by Crippen LogP contribution is 2.13. The normalized spacial score (nSPS) is 9.94. The number of hydrogen-bond acceptors (Lipinski definition) is 7. The Morgan fingerprint density at radius 2 is 2.35 bits per heavy atom. The first-order valence-electron chi connectivity index (χ1n) is 5.03.